The number of hydrazone groups is 1. The summed E-state index contributed by atoms with van der Waals surface area (Å²) >= 11 is 6.07. The van der Waals surface area contributed by atoms with Crippen molar-refractivity contribution in [3.8, 4) is 11.5 Å². The van der Waals surface area contributed by atoms with Gasteiger partial charge in [0.15, 0.2) is 18.1 Å². The molecule has 2 aromatic carbocycles. The van der Waals surface area contributed by atoms with E-state index in [-0.39, 0.29) is 19.1 Å². The summed E-state index contributed by atoms with van der Waals surface area (Å²) < 4.78 is 15.9. The third-order valence-corrected chi connectivity index (χ3v) is 5.00. The number of halogens is 1. The Hall–Kier alpha value is -4.31. The molecular weight excluding hydrogens is 476 g/mol. The molecule has 3 aromatic rings. The predicted octanol–water partition coefficient (Wildman–Crippen LogP) is 3.03. The number of aryl methyl sites for hydroxylation is 1. The van der Waals surface area contributed by atoms with Gasteiger partial charge in [-0.1, -0.05) is 17.7 Å². The van der Waals surface area contributed by atoms with Crippen LogP contribution < -0.4 is 25.5 Å². The van der Waals surface area contributed by atoms with Gasteiger partial charge in [0.05, 0.1) is 26.1 Å². The van der Waals surface area contributed by atoms with Crippen LogP contribution in [-0.4, -0.2) is 37.7 Å². The summed E-state index contributed by atoms with van der Waals surface area (Å²) in [5, 5.41) is 9.43. The molecule has 0 saturated heterocycles. The first kappa shape index (κ1) is 25.3. The highest BCUT2D eigenvalue weighted by Gasteiger charge is 2.13. The van der Waals surface area contributed by atoms with Crippen molar-refractivity contribution < 1.29 is 28.3 Å². The lowest BCUT2D eigenvalue weighted by atomic mass is 10.2. The summed E-state index contributed by atoms with van der Waals surface area (Å²) in [7, 11) is 1.45. The Balaban J connectivity index is 1.50. The van der Waals surface area contributed by atoms with Crippen molar-refractivity contribution in [1.82, 2.24) is 10.7 Å². The van der Waals surface area contributed by atoms with Crippen LogP contribution in [0.25, 0.3) is 0 Å². The van der Waals surface area contributed by atoms with Crippen molar-refractivity contribution in [1.29, 1.82) is 0 Å². The van der Waals surface area contributed by atoms with Crippen LogP contribution in [0.15, 0.2) is 64.3 Å². The van der Waals surface area contributed by atoms with Crippen molar-refractivity contribution in [3.63, 3.8) is 0 Å². The Bertz CT molecular complexity index is 1230. The molecule has 0 bridgehead atoms. The molecule has 0 atom stereocenters. The fourth-order valence-electron chi connectivity index (χ4n) is 2.77. The molecule has 0 aliphatic rings. The van der Waals surface area contributed by atoms with E-state index in [1.165, 1.54) is 19.6 Å². The van der Waals surface area contributed by atoms with Gasteiger partial charge in [0.25, 0.3) is 5.91 Å². The van der Waals surface area contributed by atoms with Crippen LogP contribution in [0, 0.1) is 6.92 Å². The summed E-state index contributed by atoms with van der Waals surface area (Å²) in [4.78, 5) is 35.8. The van der Waals surface area contributed by atoms with E-state index in [9.17, 15) is 14.4 Å². The first-order valence-electron chi connectivity index (χ1n) is 10.4. The molecule has 182 valence electrons. The van der Waals surface area contributed by atoms with Gasteiger partial charge in [-0.05, 0) is 60.5 Å². The number of rotatable bonds is 9. The second kappa shape index (κ2) is 12.2. The lowest BCUT2D eigenvalue weighted by Crippen LogP contribution is -2.37. The number of amides is 3. The number of benzene rings is 2. The molecule has 3 N–H and O–H groups in total. The number of furan rings is 1. The Morgan fingerprint density at radius 2 is 1.91 bits per heavy atom. The predicted molar refractivity (Wildman–Crippen MR) is 130 cm³/mol. The first-order chi connectivity index (χ1) is 16.9. The zero-order valence-corrected chi connectivity index (χ0v) is 19.7. The van der Waals surface area contributed by atoms with Gasteiger partial charge in [0, 0.05) is 10.7 Å². The molecule has 0 saturated carbocycles. The highest BCUT2D eigenvalue weighted by atomic mass is 35.5. The van der Waals surface area contributed by atoms with Gasteiger partial charge in [-0.3, -0.25) is 14.4 Å². The maximum absolute atomic E-state index is 12.2. The molecule has 3 rings (SSSR count). The van der Waals surface area contributed by atoms with Crippen LogP contribution in [0.5, 0.6) is 11.5 Å². The van der Waals surface area contributed by atoms with E-state index in [1.54, 1.807) is 48.5 Å². The van der Waals surface area contributed by atoms with E-state index in [0.29, 0.717) is 33.5 Å². The molecule has 3 amide bonds. The summed E-state index contributed by atoms with van der Waals surface area (Å²) in [6, 6.07) is 13.4. The molecule has 11 heteroatoms. The number of hydrogen-bond donors (Lipinski definition) is 3. The average Bonchev–Trinajstić information content (AvgIpc) is 3.37. The molecular formula is C24H23ClN4O6. The summed E-state index contributed by atoms with van der Waals surface area (Å²) in [5.41, 5.74) is 4.16. The maximum Gasteiger partial charge on any atom is 0.329 e. The third-order valence-electron chi connectivity index (χ3n) is 4.59. The van der Waals surface area contributed by atoms with Crippen LogP contribution in [0.2, 0.25) is 5.02 Å². The third kappa shape index (κ3) is 7.61. The number of nitrogens with one attached hydrogen (secondary N) is 3. The van der Waals surface area contributed by atoms with Crippen LogP contribution >= 0.6 is 11.6 Å². The van der Waals surface area contributed by atoms with Gasteiger partial charge in [-0.2, -0.15) is 5.10 Å². The fraction of sp³-hybridized carbons (Fsp3) is 0.167. The van der Waals surface area contributed by atoms with Gasteiger partial charge >= 0.3 is 11.8 Å². The monoisotopic (exact) mass is 498 g/mol. The van der Waals surface area contributed by atoms with Crippen molar-refractivity contribution in [2.75, 3.05) is 19.0 Å². The lowest BCUT2D eigenvalue weighted by Gasteiger charge is -2.12. The highest BCUT2D eigenvalue weighted by molar-refractivity contribution is 6.35. The minimum atomic E-state index is -0.930. The van der Waals surface area contributed by atoms with Crippen LogP contribution in [-0.2, 0) is 20.9 Å². The van der Waals surface area contributed by atoms with E-state index in [2.05, 4.69) is 21.2 Å². The van der Waals surface area contributed by atoms with Gasteiger partial charge in [-0.25, -0.2) is 5.43 Å². The minimum absolute atomic E-state index is 0.0818. The molecule has 0 spiro atoms. The van der Waals surface area contributed by atoms with Gasteiger partial charge in [-0.15, -0.1) is 0 Å². The number of hydrogen-bond acceptors (Lipinski definition) is 7. The Labute approximate surface area is 206 Å². The standard InChI is InChI=1S/C24H23ClN4O6/c1-15-5-7-17(11-19(15)25)28-22(30)14-35-20-8-6-16(10-21(20)33-2)12-27-29-24(32)23(31)26-13-18-4-3-9-34-18/h3-12H,13-14H2,1-2H3,(H,26,31)(H,28,30)(H,29,32)/b27-12-. The van der Waals surface area contributed by atoms with Crippen LogP contribution in [0.3, 0.4) is 0 Å². The minimum Gasteiger partial charge on any atom is -0.493 e. The Morgan fingerprint density at radius 3 is 2.63 bits per heavy atom. The quantitative estimate of drug-likeness (QED) is 0.236. The van der Waals surface area contributed by atoms with Gasteiger partial charge in [0.2, 0.25) is 0 Å². The second-order valence-corrected chi connectivity index (χ2v) is 7.58. The second-order valence-electron chi connectivity index (χ2n) is 7.17. The first-order valence-corrected chi connectivity index (χ1v) is 10.7. The van der Waals surface area contributed by atoms with Gasteiger partial charge < -0.3 is 24.5 Å². The number of carbonyl (C=O) groups excluding carboxylic acids is 3. The fourth-order valence-corrected chi connectivity index (χ4v) is 2.95. The molecule has 0 fully saturated rings. The molecule has 0 radical (unpaired) electrons. The summed E-state index contributed by atoms with van der Waals surface area (Å²) in [6.45, 7) is 1.70. The number of carbonyl (C=O) groups is 3. The largest absolute Gasteiger partial charge is 0.493 e. The maximum atomic E-state index is 12.2. The van der Waals surface area contributed by atoms with Crippen molar-refractivity contribution in [3.05, 3.63) is 76.7 Å². The number of nitrogens with zero attached hydrogens (tertiary/aromatic N) is 1. The van der Waals surface area contributed by atoms with Crippen molar-refractivity contribution >= 4 is 41.2 Å². The number of anilines is 1. The normalized spacial score (nSPS) is 10.6. The van der Waals surface area contributed by atoms with Crippen molar-refractivity contribution in [2.45, 2.75) is 13.5 Å². The zero-order valence-electron chi connectivity index (χ0n) is 19.0. The topological polar surface area (TPSA) is 131 Å². The highest BCUT2D eigenvalue weighted by Crippen LogP contribution is 2.27. The van der Waals surface area contributed by atoms with Crippen LogP contribution in [0.1, 0.15) is 16.9 Å². The number of ether oxygens (including phenoxy) is 2. The SMILES string of the molecule is COc1cc(/C=N\NC(=O)C(=O)NCc2ccco2)ccc1OCC(=O)Nc1ccc(C)c(Cl)c1. The summed E-state index contributed by atoms with van der Waals surface area (Å²) in [5.74, 6) is -0.955. The molecule has 0 aliphatic heterocycles. The molecule has 1 aromatic heterocycles. The van der Waals surface area contributed by atoms with E-state index in [0.717, 1.165) is 5.56 Å². The number of methoxy groups -OCH3 is 1. The van der Waals surface area contributed by atoms with Crippen LogP contribution in [0.4, 0.5) is 5.69 Å². The molecule has 10 nitrogen and oxygen atoms in total. The Morgan fingerprint density at radius 1 is 1.09 bits per heavy atom. The molecule has 35 heavy (non-hydrogen) atoms. The van der Waals surface area contributed by atoms with E-state index in [1.807, 2.05) is 6.92 Å². The average molecular weight is 499 g/mol. The van der Waals surface area contributed by atoms with E-state index in [4.69, 9.17) is 25.5 Å². The van der Waals surface area contributed by atoms with Crippen molar-refractivity contribution in [2.24, 2.45) is 5.10 Å². The Kier molecular flexibility index (Phi) is 8.85. The van der Waals surface area contributed by atoms with E-state index >= 15 is 0 Å². The zero-order chi connectivity index (χ0) is 25.2. The van der Waals surface area contributed by atoms with E-state index < -0.39 is 11.8 Å². The van der Waals surface area contributed by atoms with Gasteiger partial charge in [0.1, 0.15) is 5.76 Å². The molecule has 0 aliphatic carbocycles. The smallest absolute Gasteiger partial charge is 0.329 e. The molecule has 1 heterocycles. The lowest BCUT2D eigenvalue weighted by molar-refractivity contribution is -0.139. The molecule has 0 unspecified atom stereocenters. The summed E-state index contributed by atoms with van der Waals surface area (Å²) in [6.07, 6.45) is 2.80.